The van der Waals surface area contributed by atoms with Crippen molar-refractivity contribution >= 4 is 16.7 Å². The molecule has 162 valence electrons. The average molecular weight is 419 g/mol. The highest BCUT2D eigenvalue weighted by molar-refractivity contribution is 5.81. The Labute approximate surface area is 183 Å². The van der Waals surface area contributed by atoms with Crippen molar-refractivity contribution in [2.45, 2.75) is 50.7 Å². The average Bonchev–Trinajstić information content (AvgIpc) is 3.36. The standard InChI is InChI=1S/C24H30N6O/c1-16-26-22(29-14-20-21(15-29)31-10-9-28(20)3)12-23(27-16)30-19-11-18(24(2)7-4-8-24)6-5-17(19)13-25-30/h5-6,11-13,20-21H,4,7-10,14-15H2,1-3H3/t20-,21+/m1/s1. The molecule has 1 aromatic carbocycles. The molecule has 2 aliphatic heterocycles. The Morgan fingerprint density at radius 2 is 1.94 bits per heavy atom. The smallest absolute Gasteiger partial charge is 0.159 e. The van der Waals surface area contributed by atoms with Gasteiger partial charge in [-0.25, -0.2) is 14.6 Å². The second kappa shape index (κ2) is 7.00. The number of rotatable bonds is 3. The molecule has 2 aromatic heterocycles. The van der Waals surface area contributed by atoms with Gasteiger partial charge in [0.15, 0.2) is 5.82 Å². The molecule has 0 unspecified atom stereocenters. The molecule has 2 atom stereocenters. The minimum Gasteiger partial charge on any atom is -0.373 e. The first-order valence-corrected chi connectivity index (χ1v) is 11.4. The quantitative estimate of drug-likeness (QED) is 0.652. The minimum absolute atomic E-state index is 0.244. The lowest BCUT2D eigenvalue weighted by atomic mass is 9.66. The van der Waals surface area contributed by atoms with Gasteiger partial charge >= 0.3 is 0 Å². The van der Waals surface area contributed by atoms with Crippen molar-refractivity contribution in [2.24, 2.45) is 0 Å². The number of likely N-dealkylation sites (N-methyl/N-ethyl adjacent to an activating group) is 1. The number of benzene rings is 1. The molecule has 4 heterocycles. The Morgan fingerprint density at radius 3 is 2.71 bits per heavy atom. The molecule has 7 nitrogen and oxygen atoms in total. The van der Waals surface area contributed by atoms with Crippen LogP contribution in [0.2, 0.25) is 0 Å². The molecule has 0 bridgehead atoms. The van der Waals surface area contributed by atoms with Crippen LogP contribution in [0.15, 0.2) is 30.5 Å². The maximum Gasteiger partial charge on any atom is 0.159 e. The Morgan fingerprint density at radius 1 is 1.10 bits per heavy atom. The lowest BCUT2D eigenvalue weighted by Crippen LogP contribution is -2.48. The molecule has 0 N–H and O–H groups in total. The summed E-state index contributed by atoms with van der Waals surface area (Å²) in [5.74, 6) is 2.56. The van der Waals surface area contributed by atoms with Crippen molar-refractivity contribution in [3.05, 3.63) is 41.9 Å². The zero-order chi connectivity index (χ0) is 21.2. The Kier molecular flexibility index (Phi) is 4.34. The number of aromatic nitrogens is 4. The SMILES string of the molecule is Cc1nc(N2C[C@@H]3OCCN(C)[C@@H]3C2)cc(-n2ncc3ccc(C4(C)CCC4)cc32)n1. The Hall–Kier alpha value is -2.51. The number of fused-ring (bicyclic) bond motifs is 2. The molecule has 1 saturated carbocycles. The van der Waals surface area contributed by atoms with Gasteiger partial charge < -0.3 is 9.64 Å². The van der Waals surface area contributed by atoms with Gasteiger partial charge in [0.25, 0.3) is 0 Å². The number of ether oxygens (including phenoxy) is 1. The van der Waals surface area contributed by atoms with Gasteiger partial charge in [-0.1, -0.05) is 25.5 Å². The molecule has 31 heavy (non-hydrogen) atoms. The van der Waals surface area contributed by atoms with E-state index in [0.717, 1.165) is 54.6 Å². The van der Waals surface area contributed by atoms with Crippen LogP contribution in [0.5, 0.6) is 0 Å². The highest BCUT2D eigenvalue weighted by Gasteiger charge is 2.39. The predicted molar refractivity (Wildman–Crippen MR) is 121 cm³/mol. The summed E-state index contributed by atoms with van der Waals surface area (Å²) in [5, 5.41) is 5.85. The molecular weight excluding hydrogens is 388 g/mol. The number of aryl methyl sites for hydroxylation is 1. The second-order valence-electron chi connectivity index (χ2n) is 9.74. The summed E-state index contributed by atoms with van der Waals surface area (Å²) in [6.45, 7) is 7.93. The maximum atomic E-state index is 6.03. The first-order chi connectivity index (χ1) is 15.0. The van der Waals surface area contributed by atoms with Gasteiger partial charge in [0.2, 0.25) is 0 Å². The zero-order valence-electron chi connectivity index (χ0n) is 18.6. The fourth-order valence-corrected chi connectivity index (χ4v) is 5.42. The molecule has 6 rings (SSSR count). The lowest BCUT2D eigenvalue weighted by Gasteiger charge is -2.39. The second-order valence-corrected chi connectivity index (χ2v) is 9.74. The first-order valence-electron chi connectivity index (χ1n) is 11.4. The monoisotopic (exact) mass is 418 g/mol. The largest absolute Gasteiger partial charge is 0.373 e. The van der Waals surface area contributed by atoms with Crippen LogP contribution in [0, 0.1) is 6.92 Å². The van der Waals surface area contributed by atoms with Gasteiger partial charge in [-0.05, 0) is 43.9 Å². The molecule has 0 spiro atoms. The van der Waals surface area contributed by atoms with Crippen LogP contribution in [0.25, 0.3) is 16.7 Å². The molecule has 3 aliphatic rings. The number of nitrogens with zero attached hydrogens (tertiary/aromatic N) is 6. The van der Waals surface area contributed by atoms with E-state index in [1.165, 1.54) is 24.8 Å². The number of anilines is 1. The summed E-state index contributed by atoms with van der Waals surface area (Å²) in [5.41, 5.74) is 2.82. The number of morpholine rings is 1. The van der Waals surface area contributed by atoms with Crippen LogP contribution in [0.1, 0.15) is 37.6 Å². The third kappa shape index (κ3) is 3.13. The third-order valence-corrected chi connectivity index (χ3v) is 7.66. The summed E-state index contributed by atoms with van der Waals surface area (Å²) >= 11 is 0. The van der Waals surface area contributed by atoms with E-state index in [1.54, 1.807) is 0 Å². The van der Waals surface area contributed by atoms with Crippen molar-refractivity contribution < 1.29 is 4.74 Å². The highest BCUT2D eigenvalue weighted by Crippen LogP contribution is 2.43. The molecule has 0 amide bonds. The van der Waals surface area contributed by atoms with Crippen LogP contribution < -0.4 is 4.90 Å². The molecular formula is C24H30N6O. The van der Waals surface area contributed by atoms with Gasteiger partial charge in [0, 0.05) is 31.1 Å². The first kappa shape index (κ1) is 19.2. The van der Waals surface area contributed by atoms with E-state index < -0.39 is 0 Å². The molecule has 1 aliphatic carbocycles. The predicted octanol–water partition coefficient (Wildman–Crippen LogP) is 3.08. The summed E-state index contributed by atoms with van der Waals surface area (Å²) in [4.78, 5) is 14.3. The van der Waals surface area contributed by atoms with Gasteiger partial charge in [-0.2, -0.15) is 5.10 Å². The van der Waals surface area contributed by atoms with E-state index in [-0.39, 0.29) is 6.10 Å². The summed E-state index contributed by atoms with van der Waals surface area (Å²) < 4.78 is 8.01. The van der Waals surface area contributed by atoms with E-state index >= 15 is 0 Å². The van der Waals surface area contributed by atoms with E-state index in [2.05, 4.69) is 48.0 Å². The molecule has 3 fully saturated rings. The maximum absolute atomic E-state index is 6.03. The topological polar surface area (TPSA) is 59.3 Å². The van der Waals surface area contributed by atoms with Crippen LogP contribution in [-0.2, 0) is 10.2 Å². The zero-order valence-corrected chi connectivity index (χ0v) is 18.6. The van der Waals surface area contributed by atoms with Gasteiger partial charge in [-0.3, -0.25) is 4.90 Å². The van der Waals surface area contributed by atoms with Gasteiger partial charge in [0.1, 0.15) is 11.6 Å². The fourth-order valence-electron chi connectivity index (χ4n) is 5.42. The van der Waals surface area contributed by atoms with Crippen molar-refractivity contribution in [1.82, 2.24) is 24.6 Å². The molecule has 0 radical (unpaired) electrons. The summed E-state index contributed by atoms with van der Waals surface area (Å²) in [6, 6.07) is 9.28. The third-order valence-electron chi connectivity index (χ3n) is 7.66. The van der Waals surface area contributed by atoms with E-state index in [1.807, 2.05) is 17.8 Å². The normalized spacial score (nSPS) is 25.6. The van der Waals surface area contributed by atoms with Crippen LogP contribution in [-0.4, -0.2) is 70.1 Å². The molecule has 7 heteroatoms. The highest BCUT2D eigenvalue weighted by atomic mass is 16.5. The summed E-state index contributed by atoms with van der Waals surface area (Å²) in [7, 11) is 2.19. The lowest BCUT2D eigenvalue weighted by molar-refractivity contribution is -0.0362. The van der Waals surface area contributed by atoms with Crippen LogP contribution in [0.3, 0.4) is 0 Å². The van der Waals surface area contributed by atoms with Crippen LogP contribution >= 0.6 is 0 Å². The fraction of sp³-hybridized carbons (Fsp3) is 0.542. The van der Waals surface area contributed by atoms with Crippen molar-refractivity contribution in [3.63, 3.8) is 0 Å². The molecule has 3 aromatic rings. The molecule has 2 saturated heterocycles. The van der Waals surface area contributed by atoms with E-state index in [4.69, 9.17) is 19.8 Å². The summed E-state index contributed by atoms with van der Waals surface area (Å²) in [6.07, 6.45) is 6.02. The minimum atomic E-state index is 0.244. The van der Waals surface area contributed by atoms with Crippen molar-refractivity contribution in [1.29, 1.82) is 0 Å². The number of hydrogen-bond donors (Lipinski definition) is 0. The van der Waals surface area contributed by atoms with Gasteiger partial charge in [-0.15, -0.1) is 0 Å². The van der Waals surface area contributed by atoms with E-state index in [9.17, 15) is 0 Å². The Bertz CT molecular complexity index is 1140. The van der Waals surface area contributed by atoms with E-state index in [0.29, 0.717) is 11.5 Å². The van der Waals surface area contributed by atoms with Gasteiger partial charge in [0.05, 0.1) is 30.5 Å². The van der Waals surface area contributed by atoms with Crippen molar-refractivity contribution in [2.75, 3.05) is 38.2 Å². The Balaban J connectivity index is 1.37. The number of hydrogen-bond acceptors (Lipinski definition) is 6. The van der Waals surface area contributed by atoms with Crippen molar-refractivity contribution in [3.8, 4) is 5.82 Å². The van der Waals surface area contributed by atoms with Crippen LogP contribution in [0.4, 0.5) is 5.82 Å².